The van der Waals surface area contributed by atoms with Gasteiger partial charge in [0.2, 0.25) is 0 Å². The number of furan rings is 1. The molecule has 0 bridgehead atoms. The topological polar surface area (TPSA) is 42.2 Å². The van der Waals surface area contributed by atoms with Gasteiger partial charge in [-0.3, -0.25) is 4.79 Å². The number of benzene rings is 1. The lowest BCUT2D eigenvalue weighted by molar-refractivity contribution is -0.137. The van der Waals surface area contributed by atoms with E-state index < -0.39 is 17.8 Å². The van der Waals surface area contributed by atoms with Gasteiger partial charge in [0, 0.05) is 5.56 Å². The maximum atomic E-state index is 12.6. The van der Waals surface area contributed by atoms with Gasteiger partial charge in [-0.2, -0.15) is 13.2 Å². The van der Waals surface area contributed by atoms with Gasteiger partial charge in [0.15, 0.2) is 0 Å². The zero-order valence-electron chi connectivity index (χ0n) is 13.3. The highest BCUT2D eigenvalue weighted by Crippen LogP contribution is 2.30. The Balaban J connectivity index is 2.15. The number of hydrogen-bond donors (Lipinski definition) is 1. The van der Waals surface area contributed by atoms with Crippen LogP contribution in [0.5, 0.6) is 0 Å². The van der Waals surface area contributed by atoms with E-state index in [2.05, 4.69) is 5.32 Å². The second-order valence-corrected chi connectivity index (χ2v) is 5.53. The maximum Gasteiger partial charge on any atom is 0.416 e. The van der Waals surface area contributed by atoms with Crippen LogP contribution in [0.1, 0.15) is 51.5 Å². The molecule has 0 saturated carbocycles. The van der Waals surface area contributed by atoms with Gasteiger partial charge < -0.3 is 9.73 Å². The first-order chi connectivity index (χ1) is 10.6. The van der Waals surface area contributed by atoms with E-state index >= 15 is 0 Å². The molecule has 1 N–H and O–H groups in total. The lowest BCUT2D eigenvalue weighted by atomic mass is 10.0. The summed E-state index contributed by atoms with van der Waals surface area (Å²) in [7, 11) is 0. The van der Waals surface area contributed by atoms with E-state index in [0.717, 1.165) is 17.7 Å². The van der Waals surface area contributed by atoms with Crippen LogP contribution in [-0.2, 0) is 6.18 Å². The van der Waals surface area contributed by atoms with Crippen molar-refractivity contribution >= 4 is 5.91 Å². The Bertz CT molecular complexity index is 715. The Labute approximate surface area is 132 Å². The molecule has 1 atom stereocenters. The van der Waals surface area contributed by atoms with Gasteiger partial charge >= 0.3 is 6.18 Å². The smallest absolute Gasteiger partial charge is 0.416 e. The van der Waals surface area contributed by atoms with Crippen LogP contribution in [0, 0.1) is 20.8 Å². The molecule has 124 valence electrons. The molecule has 3 nitrogen and oxygen atoms in total. The molecule has 0 saturated heterocycles. The van der Waals surface area contributed by atoms with Crippen LogP contribution >= 0.6 is 0 Å². The fraction of sp³-hybridized carbons (Fsp3) is 0.353. The van der Waals surface area contributed by atoms with Crippen LogP contribution in [0.4, 0.5) is 13.2 Å². The lowest BCUT2D eigenvalue weighted by Crippen LogP contribution is -2.27. The summed E-state index contributed by atoms with van der Waals surface area (Å²) in [6.45, 7) is 7.00. The van der Waals surface area contributed by atoms with E-state index in [0.29, 0.717) is 22.6 Å². The summed E-state index contributed by atoms with van der Waals surface area (Å²) >= 11 is 0. The summed E-state index contributed by atoms with van der Waals surface area (Å²) in [4.78, 5) is 12.4. The van der Waals surface area contributed by atoms with Crippen molar-refractivity contribution in [2.75, 3.05) is 0 Å². The molecule has 1 aromatic carbocycles. The van der Waals surface area contributed by atoms with Gasteiger partial charge in [0.25, 0.3) is 5.91 Å². The van der Waals surface area contributed by atoms with Crippen molar-refractivity contribution in [3.05, 3.63) is 58.0 Å². The number of alkyl halides is 3. The molecular weight excluding hydrogens is 307 g/mol. The molecule has 0 spiro atoms. The van der Waals surface area contributed by atoms with Crippen LogP contribution < -0.4 is 5.32 Å². The van der Waals surface area contributed by atoms with Crippen molar-refractivity contribution in [2.45, 2.75) is 39.9 Å². The zero-order valence-corrected chi connectivity index (χ0v) is 13.3. The standard InChI is InChI=1S/C17H18F3NO2/c1-9-11(3)23-12(4)15(9)16(22)21-10(2)13-5-7-14(8-6-13)17(18,19)20/h5-8,10H,1-4H3,(H,21,22). The number of aryl methyl sites for hydroxylation is 2. The number of carbonyl (C=O) groups excluding carboxylic acids is 1. The highest BCUT2D eigenvalue weighted by atomic mass is 19.4. The summed E-state index contributed by atoms with van der Waals surface area (Å²) in [6, 6.07) is 4.34. The predicted octanol–water partition coefficient (Wildman–Crippen LogP) is 4.71. The monoisotopic (exact) mass is 325 g/mol. The van der Waals surface area contributed by atoms with Crippen molar-refractivity contribution < 1.29 is 22.4 Å². The molecule has 1 amide bonds. The Morgan fingerprint density at radius 1 is 1.09 bits per heavy atom. The molecule has 6 heteroatoms. The largest absolute Gasteiger partial charge is 0.466 e. The van der Waals surface area contributed by atoms with Crippen LogP contribution in [0.25, 0.3) is 0 Å². The van der Waals surface area contributed by atoms with E-state index in [9.17, 15) is 18.0 Å². The zero-order chi connectivity index (χ0) is 17.4. The van der Waals surface area contributed by atoms with Crippen LogP contribution in [0.2, 0.25) is 0 Å². The minimum atomic E-state index is -4.37. The molecule has 1 aromatic heterocycles. The molecule has 2 rings (SSSR count). The van der Waals surface area contributed by atoms with Crippen molar-refractivity contribution in [1.82, 2.24) is 5.32 Å². The highest BCUT2D eigenvalue weighted by Gasteiger charge is 2.30. The summed E-state index contributed by atoms with van der Waals surface area (Å²) < 4.78 is 43.1. The molecule has 0 radical (unpaired) electrons. The van der Waals surface area contributed by atoms with Crippen LogP contribution in [0.3, 0.4) is 0 Å². The summed E-state index contributed by atoms with van der Waals surface area (Å²) in [6.07, 6.45) is -4.37. The lowest BCUT2D eigenvalue weighted by Gasteiger charge is -2.15. The highest BCUT2D eigenvalue weighted by molar-refractivity contribution is 5.97. The van der Waals surface area contributed by atoms with Gasteiger partial charge in [-0.15, -0.1) is 0 Å². The number of rotatable bonds is 3. The average molecular weight is 325 g/mol. The normalized spacial score (nSPS) is 13.0. The van der Waals surface area contributed by atoms with E-state index in [-0.39, 0.29) is 5.91 Å². The molecule has 0 aliphatic rings. The van der Waals surface area contributed by atoms with Gasteiger partial charge in [-0.1, -0.05) is 12.1 Å². The first-order valence-corrected chi connectivity index (χ1v) is 7.16. The summed E-state index contributed by atoms with van der Waals surface area (Å²) in [5.74, 6) is 0.899. The summed E-state index contributed by atoms with van der Waals surface area (Å²) in [5, 5.41) is 2.79. The van der Waals surface area contributed by atoms with Crippen molar-refractivity contribution in [3.8, 4) is 0 Å². The third kappa shape index (κ3) is 3.57. The molecule has 0 aliphatic carbocycles. The Kier molecular flexibility index (Phi) is 4.54. The van der Waals surface area contributed by atoms with Crippen molar-refractivity contribution in [3.63, 3.8) is 0 Å². The van der Waals surface area contributed by atoms with Gasteiger partial charge in [0.05, 0.1) is 17.2 Å². The fourth-order valence-electron chi connectivity index (χ4n) is 2.44. The number of amides is 1. The Hall–Kier alpha value is -2.24. The number of hydrogen-bond acceptors (Lipinski definition) is 2. The van der Waals surface area contributed by atoms with E-state index in [1.807, 2.05) is 0 Å². The maximum absolute atomic E-state index is 12.6. The Morgan fingerprint density at radius 2 is 1.65 bits per heavy atom. The quantitative estimate of drug-likeness (QED) is 0.887. The van der Waals surface area contributed by atoms with Crippen molar-refractivity contribution in [2.24, 2.45) is 0 Å². The fourth-order valence-corrected chi connectivity index (χ4v) is 2.44. The number of halogens is 3. The average Bonchev–Trinajstić information content (AvgIpc) is 2.71. The molecule has 23 heavy (non-hydrogen) atoms. The van der Waals surface area contributed by atoms with Crippen molar-refractivity contribution in [1.29, 1.82) is 0 Å². The molecule has 1 heterocycles. The summed E-state index contributed by atoms with van der Waals surface area (Å²) in [5.41, 5.74) is 1.12. The van der Waals surface area contributed by atoms with E-state index in [1.54, 1.807) is 27.7 Å². The number of carbonyl (C=O) groups is 1. The number of nitrogens with one attached hydrogen (secondary N) is 1. The second kappa shape index (κ2) is 6.10. The predicted molar refractivity (Wildman–Crippen MR) is 80.2 cm³/mol. The molecule has 1 unspecified atom stereocenters. The first kappa shape index (κ1) is 17.1. The molecular formula is C17H18F3NO2. The second-order valence-electron chi connectivity index (χ2n) is 5.53. The van der Waals surface area contributed by atoms with Gasteiger partial charge in [-0.25, -0.2) is 0 Å². The van der Waals surface area contributed by atoms with E-state index in [1.165, 1.54) is 12.1 Å². The molecule has 0 aliphatic heterocycles. The van der Waals surface area contributed by atoms with Gasteiger partial charge in [0.1, 0.15) is 11.5 Å². The minimum absolute atomic E-state index is 0.302. The SMILES string of the molecule is Cc1oc(C)c(C(=O)NC(C)c2ccc(C(F)(F)F)cc2)c1C. The van der Waals surface area contributed by atoms with Gasteiger partial charge in [-0.05, 0) is 45.4 Å². The molecule has 2 aromatic rings. The van der Waals surface area contributed by atoms with E-state index in [4.69, 9.17) is 4.42 Å². The third-order valence-electron chi connectivity index (χ3n) is 3.87. The molecule has 0 fully saturated rings. The Morgan fingerprint density at radius 3 is 2.09 bits per heavy atom. The van der Waals surface area contributed by atoms with Crippen LogP contribution in [0.15, 0.2) is 28.7 Å². The van der Waals surface area contributed by atoms with Crippen LogP contribution in [-0.4, -0.2) is 5.91 Å². The minimum Gasteiger partial charge on any atom is -0.466 e. The first-order valence-electron chi connectivity index (χ1n) is 7.16. The third-order valence-corrected chi connectivity index (χ3v) is 3.87.